The average molecular weight is 671 g/mol. The number of carbonyl (C=O) groups is 2. The van der Waals surface area contributed by atoms with Crippen molar-refractivity contribution in [1.82, 2.24) is 19.5 Å². The summed E-state index contributed by atoms with van der Waals surface area (Å²) >= 11 is 0. The second kappa shape index (κ2) is 13.9. The molecule has 2 heterocycles. The predicted octanol–water partition coefficient (Wildman–Crippen LogP) is 4.68. The molecule has 2 aromatic carbocycles. The standard InChI is InChI=1S/C27H29F3N6O9S/c1-4-42-26(38)43-18(3)45-33-36(39)34-14-13-21(16-34)44-25(37)32-46(40,41)22-11-9-20(10-12-22)35-23(15-24(31-35)27(28,29)30)19-7-5-17(2)6-8-19/h5-12,15,18,21H,4,13-14,16H2,1-3H3,(H,32,37)/b36-33-. The minimum atomic E-state index is -4.72. The molecule has 1 aliphatic heterocycles. The van der Waals surface area contributed by atoms with E-state index in [0.717, 1.165) is 33.5 Å². The first-order valence-corrected chi connectivity index (χ1v) is 15.1. The normalized spacial score (nSPS) is 16.1. The lowest BCUT2D eigenvalue weighted by atomic mass is 10.1. The van der Waals surface area contributed by atoms with Crippen molar-refractivity contribution >= 4 is 22.3 Å². The maximum atomic E-state index is 13.5. The van der Waals surface area contributed by atoms with Gasteiger partial charge in [0, 0.05) is 18.9 Å². The number of ether oxygens (including phenoxy) is 3. The van der Waals surface area contributed by atoms with Crippen LogP contribution in [0.5, 0.6) is 0 Å². The van der Waals surface area contributed by atoms with Crippen molar-refractivity contribution in [2.45, 2.75) is 50.7 Å². The number of nitrogens with zero attached hydrogens (tertiary/aromatic N) is 5. The predicted molar refractivity (Wildman–Crippen MR) is 150 cm³/mol. The topological polar surface area (TPSA) is 177 Å². The average Bonchev–Trinajstić information content (AvgIpc) is 3.64. The molecule has 0 spiro atoms. The first kappa shape index (κ1) is 33.8. The summed E-state index contributed by atoms with van der Waals surface area (Å²) in [6.07, 6.45) is -9.02. The fourth-order valence-corrected chi connectivity index (χ4v) is 5.07. The van der Waals surface area contributed by atoms with E-state index in [2.05, 4.69) is 19.8 Å². The first-order chi connectivity index (χ1) is 21.7. The van der Waals surface area contributed by atoms with Crippen LogP contribution in [0.1, 0.15) is 31.5 Å². The Hall–Kier alpha value is -5.07. The maximum absolute atomic E-state index is 13.5. The Morgan fingerprint density at radius 1 is 1.17 bits per heavy atom. The Labute approximate surface area is 260 Å². The van der Waals surface area contributed by atoms with E-state index in [1.165, 1.54) is 19.1 Å². The molecule has 1 fully saturated rings. The van der Waals surface area contributed by atoms with Crippen molar-refractivity contribution in [2.24, 2.45) is 5.28 Å². The fourth-order valence-electron chi connectivity index (χ4n) is 4.19. The van der Waals surface area contributed by atoms with Gasteiger partial charge in [0.1, 0.15) is 12.6 Å². The Morgan fingerprint density at radius 2 is 1.85 bits per heavy atom. The maximum Gasteiger partial charge on any atom is 0.511 e. The molecule has 2 unspecified atom stereocenters. The third kappa shape index (κ3) is 8.55. The molecular weight excluding hydrogens is 641 g/mol. The van der Waals surface area contributed by atoms with E-state index in [9.17, 15) is 36.4 Å². The van der Waals surface area contributed by atoms with Gasteiger partial charge < -0.3 is 19.4 Å². The Morgan fingerprint density at radius 3 is 2.48 bits per heavy atom. The van der Waals surface area contributed by atoms with Crippen molar-refractivity contribution in [1.29, 1.82) is 0 Å². The van der Waals surface area contributed by atoms with Crippen LogP contribution >= 0.6 is 0 Å². The number of benzene rings is 2. The molecule has 1 aliphatic rings. The molecule has 0 saturated carbocycles. The van der Waals surface area contributed by atoms with E-state index in [1.807, 2.05) is 6.92 Å². The van der Waals surface area contributed by atoms with E-state index in [4.69, 9.17) is 9.57 Å². The number of alkyl halides is 3. The number of aromatic nitrogens is 2. The van der Waals surface area contributed by atoms with Crippen LogP contribution in [0.4, 0.5) is 22.8 Å². The molecule has 0 bridgehead atoms. The first-order valence-electron chi connectivity index (χ1n) is 13.7. The van der Waals surface area contributed by atoms with Gasteiger partial charge in [-0.15, -0.1) is 5.01 Å². The van der Waals surface area contributed by atoms with E-state index < -0.39 is 46.5 Å². The van der Waals surface area contributed by atoms with Gasteiger partial charge in [-0.1, -0.05) is 29.8 Å². The molecule has 0 radical (unpaired) electrons. The summed E-state index contributed by atoms with van der Waals surface area (Å²) in [5.74, 6) is 0. The summed E-state index contributed by atoms with van der Waals surface area (Å²) in [4.78, 5) is 28.1. The highest BCUT2D eigenvalue weighted by Gasteiger charge is 2.36. The van der Waals surface area contributed by atoms with Crippen LogP contribution < -0.4 is 4.72 Å². The number of nitrogens with one attached hydrogen (secondary N) is 1. The minimum Gasteiger partial charge on any atom is -0.569 e. The minimum absolute atomic E-state index is 0.0616. The number of carbonyl (C=O) groups excluding carboxylic acids is 2. The summed E-state index contributed by atoms with van der Waals surface area (Å²) in [6, 6.07) is 12.3. The van der Waals surface area contributed by atoms with Crippen LogP contribution in [-0.4, -0.2) is 72.5 Å². The van der Waals surface area contributed by atoms with Crippen molar-refractivity contribution in [2.75, 3.05) is 19.7 Å². The second-order valence-electron chi connectivity index (χ2n) is 9.83. The number of halogens is 3. The molecule has 4 rings (SSSR count). The molecule has 3 aromatic rings. The highest BCUT2D eigenvalue weighted by atomic mass is 32.2. The van der Waals surface area contributed by atoms with Gasteiger partial charge in [-0.05, 0) is 44.2 Å². The van der Waals surface area contributed by atoms with Gasteiger partial charge in [0.2, 0.25) is 5.28 Å². The summed E-state index contributed by atoms with van der Waals surface area (Å²) in [5, 5.41) is 20.2. The molecule has 1 amide bonds. The van der Waals surface area contributed by atoms with Gasteiger partial charge >= 0.3 is 18.4 Å². The van der Waals surface area contributed by atoms with Crippen LogP contribution in [0, 0.1) is 12.1 Å². The van der Waals surface area contributed by atoms with Crippen LogP contribution in [0.25, 0.3) is 16.9 Å². The van der Waals surface area contributed by atoms with E-state index in [0.29, 0.717) is 5.56 Å². The van der Waals surface area contributed by atoms with Crippen LogP contribution in [-0.2, 0) is 35.2 Å². The molecule has 46 heavy (non-hydrogen) atoms. The van der Waals surface area contributed by atoms with E-state index >= 15 is 0 Å². The summed E-state index contributed by atoms with van der Waals surface area (Å²) < 4.78 is 83.3. The monoisotopic (exact) mass is 670 g/mol. The molecule has 2 atom stereocenters. The van der Waals surface area contributed by atoms with Gasteiger partial charge in [0.25, 0.3) is 16.3 Å². The molecule has 248 valence electrons. The van der Waals surface area contributed by atoms with Crippen molar-refractivity contribution in [3.05, 3.63) is 71.1 Å². The number of hydrogen-bond donors (Lipinski definition) is 1. The van der Waals surface area contributed by atoms with Crippen molar-refractivity contribution < 1.29 is 55.2 Å². The number of hydrazine groups is 1. The third-order valence-corrected chi connectivity index (χ3v) is 7.71. The molecule has 0 aliphatic carbocycles. The largest absolute Gasteiger partial charge is 0.569 e. The lowest BCUT2D eigenvalue weighted by molar-refractivity contribution is -0.709. The van der Waals surface area contributed by atoms with Gasteiger partial charge in [-0.25, -0.2) is 27.4 Å². The number of sulfonamides is 1. The van der Waals surface area contributed by atoms with Gasteiger partial charge in [-0.3, -0.25) is 4.84 Å². The highest BCUT2D eigenvalue weighted by Crippen LogP contribution is 2.33. The van der Waals surface area contributed by atoms with Gasteiger partial charge in [-0.2, -0.15) is 18.3 Å². The second-order valence-corrected chi connectivity index (χ2v) is 11.5. The van der Waals surface area contributed by atoms with E-state index in [-0.39, 0.29) is 47.4 Å². The highest BCUT2D eigenvalue weighted by molar-refractivity contribution is 7.90. The number of hydrogen-bond acceptors (Lipinski definition) is 11. The Balaban J connectivity index is 1.38. The molecule has 1 N–H and O–H groups in total. The van der Waals surface area contributed by atoms with Crippen LogP contribution in [0.15, 0.2) is 64.8 Å². The smallest absolute Gasteiger partial charge is 0.511 e. The third-order valence-electron chi connectivity index (χ3n) is 6.39. The molecule has 1 saturated heterocycles. The summed E-state index contributed by atoms with van der Waals surface area (Å²) in [6.45, 7) is 4.69. The van der Waals surface area contributed by atoms with Crippen LogP contribution in [0.3, 0.4) is 0 Å². The van der Waals surface area contributed by atoms with Crippen LogP contribution in [0.2, 0.25) is 0 Å². The lowest BCUT2D eigenvalue weighted by Crippen LogP contribution is -2.36. The molecule has 1 aromatic heterocycles. The zero-order valence-corrected chi connectivity index (χ0v) is 25.4. The Bertz CT molecular complexity index is 1680. The SMILES string of the molecule is CCOC(=O)OC(C)O/N=[N+](\[O-])N1CCC(OC(=O)NS(=O)(=O)c2ccc(-n3nc(C(F)(F)F)cc3-c3ccc(C)cc3)cc2)C1. The number of aryl methyl sites for hydroxylation is 1. The number of rotatable bonds is 10. The molecule has 19 heteroatoms. The van der Waals surface area contributed by atoms with Gasteiger partial charge in [0.05, 0.1) is 34.4 Å². The molecular formula is C27H29F3N6O9S. The summed E-state index contributed by atoms with van der Waals surface area (Å²) in [7, 11) is -4.46. The summed E-state index contributed by atoms with van der Waals surface area (Å²) in [5.41, 5.74) is 0.495. The lowest BCUT2D eigenvalue weighted by Gasteiger charge is -2.14. The zero-order valence-electron chi connectivity index (χ0n) is 24.6. The molecule has 15 nitrogen and oxygen atoms in total. The van der Waals surface area contributed by atoms with Crippen molar-refractivity contribution in [3.8, 4) is 16.9 Å². The fraction of sp³-hybridized carbons (Fsp3) is 0.370. The quantitative estimate of drug-likeness (QED) is 0.104. The van der Waals surface area contributed by atoms with E-state index in [1.54, 1.807) is 35.9 Å². The number of amides is 1. The zero-order chi connectivity index (χ0) is 33.6. The Kier molecular flexibility index (Phi) is 10.2. The van der Waals surface area contributed by atoms with Gasteiger partial charge in [0.15, 0.2) is 5.69 Å². The van der Waals surface area contributed by atoms with Crippen molar-refractivity contribution in [3.63, 3.8) is 0 Å².